The van der Waals surface area contributed by atoms with E-state index in [9.17, 15) is 12.8 Å². The topological polar surface area (TPSA) is 55.4 Å². The molecule has 0 saturated carbocycles. The minimum atomic E-state index is -4.02. The average Bonchev–Trinajstić information content (AvgIpc) is 2.42. The molecule has 0 aliphatic rings. The van der Waals surface area contributed by atoms with Gasteiger partial charge in [0.2, 0.25) is 0 Å². The molecule has 2 aromatic rings. The van der Waals surface area contributed by atoms with Gasteiger partial charge in [-0.25, -0.2) is 12.8 Å². The molecule has 0 heterocycles. The van der Waals surface area contributed by atoms with E-state index in [2.05, 4.69) is 20.7 Å². The number of hydrogen-bond acceptors (Lipinski definition) is 3. The Morgan fingerprint density at radius 2 is 1.95 bits per heavy atom. The van der Waals surface area contributed by atoms with Crippen LogP contribution in [0.4, 0.5) is 10.1 Å². The standard InChI is InChI=1S/C13H10BrClFNO3S/c1-20-12-5-2-8(14)6-13(12)21(18,19)17-11-7-9(15)3-4-10(11)16/h2-7,17H,1H3. The van der Waals surface area contributed by atoms with Crippen molar-refractivity contribution in [1.82, 2.24) is 0 Å². The van der Waals surface area contributed by atoms with Gasteiger partial charge < -0.3 is 4.74 Å². The number of sulfonamides is 1. The number of anilines is 1. The van der Waals surface area contributed by atoms with E-state index in [-0.39, 0.29) is 21.4 Å². The lowest BCUT2D eigenvalue weighted by molar-refractivity contribution is 0.402. The number of hydrogen-bond donors (Lipinski definition) is 1. The van der Waals surface area contributed by atoms with Gasteiger partial charge in [0.15, 0.2) is 0 Å². The molecule has 4 nitrogen and oxygen atoms in total. The zero-order valence-electron chi connectivity index (χ0n) is 10.7. The van der Waals surface area contributed by atoms with Gasteiger partial charge in [0.05, 0.1) is 12.8 Å². The van der Waals surface area contributed by atoms with Gasteiger partial charge in [0.25, 0.3) is 10.0 Å². The molecule has 0 spiro atoms. The van der Waals surface area contributed by atoms with Crippen molar-refractivity contribution in [3.8, 4) is 5.75 Å². The summed E-state index contributed by atoms with van der Waals surface area (Å²) in [5, 5.41) is 0.218. The summed E-state index contributed by atoms with van der Waals surface area (Å²) in [6, 6.07) is 8.10. The third kappa shape index (κ3) is 3.66. The highest BCUT2D eigenvalue weighted by Crippen LogP contribution is 2.30. The SMILES string of the molecule is COc1ccc(Br)cc1S(=O)(=O)Nc1cc(Cl)ccc1F. The van der Waals surface area contributed by atoms with Crippen LogP contribution in [0.3, 0.4) is 0 Å². The molecule has 21 heavy (non-hydrogen) atoms. The van der Waals surface area contributed by atoms with Crippen molar-refractivity contribution in [3.63, 3.8) is 0 Å². The van der Waals surface area contributed by atoms with Crippen LogP contribution in [0.5, 0.6) is 5.75 Å². The number of benzene rings is 2. The molecule has 2 rings (SSSR count). The third-order valence-corrected chi connectivity index (χ3v) is 4.70. The van der Waals surface area contributed by atoms with Crippen LogP contribution in [-0.4, -0.2) is 15.5 Å². The second-order valence-corrected chi connectivity index (χ2v) is 7.03. The Hall–Kier alpha value is -1.31. The molecule has 2 aromatic carbocycles. The smallest absolute Gasteiger partial charge is 0.265 e. The first-order valence-electron chi connectivity index (χ1n) is 5.65. The monoisotopic (exact) mass is 393 g/mol. The first-order chi connectivity index (χ1) is 9.83. The second kappa shape index (κ2) is 6.21. The van der Waals surface area contributed by atoms with Crippen LogP contribution in [0.15, 0.2) is 45.8 Å². The van der Waals surface area contributed by atoms with Crippen LogP contribution in [0.1, 0.15) is 0 Å². The van der Waals surface area contributed by atoms with Crippen molar-refractivity contribution in [3.05, 3.63) is 51.7 Å². The summed E-state index contributed by atoms with van der Waals surface area (Å²) < 4.78 is 46.1. The molecule has 0 aliphatic heterocycles. The Morgan fingerprint density at radius 1 is 1.24 bits per heavy atom. The zero-order valence-corrected chi connectivity index (χ0v) is 13.9. The maximum atomic E-state index is 13.7. The van der Waals surface area contributed by atoms with E-state index in [4.69, 9.17) is 16.3 Å². The number of methoxy groups -OCH3 is 1. The van der Waals surface area contributed by atoms with Gasteiger partial charge in [-0.05, 0) is 36.4 Å². The fourth-order valence-corrected chi connectivity index (χ4v) is 3.57. The number of rotatable bonds is 4. The van der Waals surface area contributed by atoms with Gasteiger partial charge in [0, 0.05) is 9.50 Å². The van der Waals surface area contributed by atoms with Crippen molar-refractivity contribution in [1.29, 1.82) is 0 Å². The highest BCUT2D eigenvalue weighted by Gasteiger charge is 2.21. The first kappa shape index (κ1) is 16.1. The average molecular weight is 395 g/mol. The molecule has 112 valence electrons. The summed E-state index contributed by atoms with van der Waals surface area (Å²) in [5.74, 6) is -0.579. The van der Waals surface area contributed by atoms with Gasteiger partial charge in [-0.1, -0.05) is 27.5 Å². The van der Waals surface area contributed by atoms with E-state index in [0.29, 0.717) is 4.47 Å². The molecule has 0 bridgehead atoms. The Morgan fingerprint density at radius 3 is 2.62 bits per heavy atom. The lowest BCUT2D eigenvalue weighted by Crippen LogP contribution is -2.15. The van der Waals surface area contributed by atoms with Gasteiger partial charge >= 0.3 is 0 Å². The molecular weight excluding hydrogens is 385 g/mol. The lowest BCUT2D eigenvalue weighted by atomic mass is 10.3. The quantitative estimate of drug-likeness (QED) is 0.851. The van der Waals surface area contributed by atoms with Crippen LogP contribution in [0.25, 0.3) is 0 Å². The number of ether oxygens (including phenoxy) is 1. The lowest BCUT2D eigenvalue weighted by Gasteiger charge is -2.12. The second-order valence-electron chi connectivity index (χ2n) is 4.02. The molecule has 0 amide bonds. The molecule has 8 heteroatoms. The summed E-state index contributed by atoms with van der Waals surface area (Å²) >= 11 is 8.93. The maximum Gasteiger partial charge on any atom is 0.265 e. The minimum absolute atomic E-state index is 0.112. The summed E-state index contributed by atoms with van der Waals surface area (Å²) in [4.78, 5) is -0.112. The molecular formula is C13H10BrClFNO3S. The predicted octanol–water partition coefficient (Wildman–Crippen LogP) is 4.05. The normalized spacial score (nSPS) is 11.2. The van der Waals surface area contributed by atoms with Crippen LogP contribution in [-0.2, 0) is 10.0 Å². The van der Waals surface area contributed by atoms with E-state index in [1.165, 1.54) is 31.4 Å². The molecule has 0 atom stereocenters. The molecule has 0 aliphatic carbocycles. The van der Waals surface area contributed by atoms with E-state index in [1.54, 1.807) is 6.07 Å². The fraction of sp³-hybridized carbons (Fsp3) is 0.0769. The summed E-state index contributed by atoms with van der Waals surface area (Å²) in [5.41, 5.74) is -0.232. The highest BCUT2D eigenvalue weighted by atomic mass is 79.9. The van der Waals surface area contributed by atoms with E-state index in [0.717, 1.165) is 6.07 Å². The number of nitrogens with one attached hydrogen (secondary N) is 1. The van der Waals surface area contributed by atoms with Gasteiger partial charge in [0.1, 0.15) is 16.5 Å². The Kier molecular flexibility index (Phi) is 4.75. The first-order valence-corrected chi connectivity index (χ1v) is 8.30. The van der Waals surface area contributed by atoms with Crippen LogP contribution in [0.2, 0.25) is 5.02 Å². The van der Waals surface area contributed by atoms with Crippen molar-refractivity contribution >= 4 is 43.2 Å². The van der Waals surface area contributed by atoms with Crippen molar-refractivity contribution in [2.24, 2.45) is 0 Å². The van der Waals surface area contributed by atoms with Crippen LogP contribution in [0, 0.1) is 5.82 Å². The highest BCUT2D eigenvalue weighted by molar-refractivity contribution is 9.10. The Bertz CT molecular complexity index is 783. The van der Waals surface area contributed by atoms with E-state index >= 15 is 0 Å². The van der Waals surface area contributed by atoms with Crippen molar-refractivity contribution in [2.45, 2.75) is 4.90 Å². The van der Waals surface area contributed by atoms with Crippen molar-refractivity contribution in [2.75, 3.05) is 11.8 Å². The third-order valence-electron chi connectivity index (χ3n) is 2.59. The van der Waals surface area contributed by atoms with Crippen LogP contribution < -0.4 is 9.46 Å². The number of halogens is 3. The van der Waals surface area contributed by atoms with E-state index < -0.39 is 15.8 Å². The van der Waals surface area contributed by atoms with Gasteiger partial charge in [-0.2, -0.15) is 0 Å². The van der Waals surface area contributed by atoms with E-state index in [1.807, 2.05) is 0 Å². The zero-order chi connectivity index (χ0) is 15.6. The molecule has 0 aromatic heterocycles. The predicted molar refractivity (Wildman–Crippen MR) is 82.9 cm³/mol. The Labute approximate surface area is 135 Å². The van der Waals surface area contributed by atoms with Gasteiger partial charge in [-0.3, -0.25) is 4.72 Å². The molecule has 1 N–H and O–H groups in total. The fourth-order valence-electron chi connectivity index (χ4n) is 1.64. The largest absolute Gasteiger partial charge is 0.495 e. The molecule has 0 unspecified atom stereocenters. The summed E-state index contributed by atoms with van der Waals surface area (Å²) in [7, 11) is -2.67. The maximum absolute atomic E-state index is 13.7. The Balaban J connectivity index is 2.48. The van der Waals surface area contributed by atoms with Gasteiger partial charge in [-0.15, -0.1) is 0 Å². The minimum Gasteiger partial charge on any atom is -0.495 e. The molecule has 0 saturated heterocycles. The van der Waals surface area contributed by atoms with Crippen molar-refractivity contribution < 1.29 is 17.5 Å². The molecule has 0 fully saturated rings. The molecule has 0 radical (unpaired) electrons. The van der Waals surface area contributed by atoms with Crippen LogP contribution >= 0.6 is 27.5 Å². The summed E-state index contributed by atoms with van der Waals surface area (Å²) in [6.07, 6.45) is 0. The summed E-state index contributed by atoms with van der Waals surface area (Å²) in [6.45, 7) is 0.